The Morgan fingerprint density at radius 1 is 1.18 bits per heavy atom. The molecule has 0 aliphatic carbocycles. The van der Waals surface area contributed by atoms with Crippen LogP contribution >= 0.6 is 0 Å². The van der Waals surface area contributed by atoms with Gasteiger partial charge in [0.05, 0.1) is 12.3 Å². The van der Waals surface area contributed by atoms with E-state index < -0.39 is 0 Å². The van der Waals surface area contributed by atoms with Crippen LogP contribution in [-0.2, 0) is 16.0 Å². The number of hydrogen-bond acceptors (Lipinski definition) is 5. The zero-order valence-corrected chi connectivity index (χ0v) is 10.2. The van der Waals surface area contributed by atoms with Crippen molar-refractivity contribution in [2.75, 3.05) is 33.5 Å². The first-order chi connectivity index (χ1) is 8.36. The Kier molecular flexibility index (Phi) is 7.29. The van der Waals surface area contributed by atoms with Crippen LogP contribution in [0.2, 0.25) is 0 Å². The van der Waals surface area contributed by atoms with Gasteiger partial charge in [-0.15, -0.1) is 0 Å². The summed E-state index contributed by atoms with van der Waals surface area (Å²) in [5.74, 6) is 0.591. The van der Waals surface area contributed by atoms with Crippen LogP contribution in [0.5, 0.6) is 5.88 Å². The number of ether oxygens (including phenoxy) is 3. The molecule has 0 fully saturated rings. The molecule has 5 heteroatoms. The van der Waals surface area contributed by atoms with Crippen molar-refractivity contribution >= 4 is 0 Å². The molecule has 0 bridgehead atoms. The topological polar surface area (TPSA) is 66.6 Å². The molecule has 1 aromatic rings. The Balaban J connectivity index is 2.09. The maximum atomic E-state index is 5.49. The minimum Gasteiger partial charge on any atom is -0.475 e. The second-order valence-electron chi connectivity index (χ2n) is 3.48. The standard InChI is InChI=1S/C12H20N2O3/c1-15-6-3-7-16-8-9-17-12-5-2-4-11(10-13)14-12/h2,4-5H,3,6-10,13H2,1H3. The highest BCUT2D eigenvalue weighted by Gasteiger charge is 1.97. The van der Waals surface area contributed by atoms with Gasteiger partial charge < -0.3 is 19.9 Å². The van der Waals surface area contributed by atoms with Crippen LogP contribution in [0.1, 0.15) is 12.1 Å². The predicted molar refractivity (Wildman–Crippen MR) is 64.9 cm³/mol. The number of methoxy groups -OCH3 is 1. The first kappa shape index (κ1) is 13.9. The summed E-state index contributed by atoms with van der Waals surface area (Å²) in [5.41, 5.74) is 6.31. The van der Waals surface area contributed by atoms with Gasteiger partial charge in [0, 0.05) is 32.9 Å². The third-order valence-electron chi connectivity index (χ3n) is 2.11. The van der Waals surface area contributed by atoms with Crippen molar-refractivity contribution in [3.63, 3.8) is 0 Å². The molecule has 17 heavy (non-hydrogen) atoms. The molecule has 1 rings (SSSR count). The van der Waals surface area contributed by atoms with Crippen molar-refractivity contribution in [2.24, 2.45) is 5.73 Å². The molecule has 0 saturated heterocycles. The van der Waals surface area contributed by atoms with Crippen molar-refractivity contribution < 1.29 is 14.2 Å². The molecule has 0 aliphatic heterocycles. The summed E-state index contributed by atoms with van der Waals surface area (Å²) in [7, 11) is 1.68. The van der Waals surface area contributed by atoms with E-state index in [1.807, 2.05) is 18.2 Å². The Morgan fingerprint density at radius 2 is 2.06 bits per heavy atom. The van der Waals surface area contributed by atoms with Crippen molar-refractivity contribution in [2.45, 2.75) is 13.0 Å². The summed E-state index contributed by atoms with van der Waals surface area (Å²) in [4.78, 5) is 4.22. The fourth-order valence-corrected chi connectivity index (χ4v) is 1.26. The molecule has 0 radical (unpaired) electrons. The largest absolute Gasteiger partial charge is 0.475 e. The molecule has 1 heterocycles. The number of hydrogen-bond donors (Lipinski definition) is 1. The van der Waals surface area contributed by atoms with E-state index in [1.165, 1.54) is 0 Å². The molecule has 0 aliphatic rings. The number of nitrogens with zero attached hydrogens (tertiary/aromatic N) is 1. The van der Waals surface area contributed by atoms with Gasteiger partial charge in [0.25, 0.3) is 0 Å². The zero-order chi connectivity index (χ0) is 12.3. The Morgan fingerprint density at radius 3 is 2.82 bits per heavy atom. The molecular weight excluding hydrogens is 220 g/mol. The van der Waals surface area contributed by atoms with Crippen LogP contribution in [0.25, 0.3) is 0 Å². The molecule has 0 aromatic carbocycles. The highest BCUT2D eigenvalue weighted by Crippen LogP contribution is 2.06. The summed E-state index contributed by atoms with van der Waals surface area (Å²) in [6, 6.07) is 5.56. The van der Waals surface area contributed by atoms with E-state index in [2.05, 4.69) is 4.98 Å². The number of rotatable bonds is 9. The lowest BCUT2D eigenvalue weighted by molar-refractivity contribution is 0.0795. The smallest absolute Gasteiger partial charge is 0.213 e. The summed E-state index contributed by atoms with van der Waals surface area (Å²) < 4.78 is 15.7. The Bertz CT molecular complexity index is 308. The van der Waals surface area contributed by atoms with Gasteiger partial charge in [-0.3, -0.25) is 0 Å². The molecular formula is C12H20N2O3. The van der Waals surface area contributed by atoms with Crippen LogP contribution in [0.15, 0.2) is 18.2 Å². The minimum absolute atomic E-state index is 0.421. The van der Waals surface area contributed by atoms with Gasteiger partial charge in [-0.05, 0) is 12.5 Å². The maximum Gasteiger partial charge on any atom is 0.213 e. The fourth-order valence-electron chi connectivity index (χ4n) is 1.26. The molecule has 96 valence electrons. The summed E-state index contributed by atoms with van der Waals surface area (Å²) in [6.45, 7) is 2.88. The second kappa shape index (κ2) is 8.92. The first-order valence-corrected chi connectivity index (χ1v) is 5.72. The van der Waals surface area contributed by atoms with Crippen LogP contribution in [0.3, 0.4) is 0 Å². The van der Waals surface area contributed by atoms with Gasteiger partial charge in [-0.1, -0.05) is 6.07 Å². The van der Waals surface area contributed by atoms with E-state index in [-0.39, 0.29) is 0 Å². The van der Waals surface area contributed by atoms with Gasteiger partial charge in [0.15, 0.2) is 0 Å². The van der Waals surface area contributed by atoms with E-state index in [4.69, 9.17) is 19.9 Å². The highest BCUT2D eigenvalue weighted by molar-refractivity contribution is 5.15. The predicted octanol–water partition coefficient (Wildman–Crippen LogP) is 0.972. The molecule has 0 amide bonds. The Labute approximate surface area is 102 Å². The van der Waals surface area contributed by atoms with E-state index in [0.29, 0.717) is 32.2 Å². The second-order valence-corrected chi connectivity index (χ2v) is 3.48. The molecule has 0 unspecified atom stereocenters. The lowest BCUT2D eigenvalue weighted by Crippen LogP contribution is -2.10. The highest BCUT2D eigenvalue weighted by atomic mass is 16.5. The molecule has 0 atom stereocenters. The van der Waals surface area contributed by atoms with Crippen molar-refractivity contribution in [1.29, 1.82) is 0 Å². The average molecular weight is 240 g/mol. The molecule has 2 N–H and O–H groups in total. The third-order valence-corrected chi connectivity index (χ3v) is 2.11. The van der Waals surface area contributed by atoms with Crippen molar-refractivity contribution in [1.82, 2.24) is 4.98 Å². The van der Waals surface area contributed by atoms with Gasteiger partial charge in [0.2, 0.25) is 5.88 Å². The Hall–Kier alpha value is -1.17. The summed E-state index contributed by atoms with van der Waals surface area (Å²) >= 11 is 0. The molecule has 1 aromatic heterocycles. The first-order valence-electron chi connectivity index (χ1n) is 5.72. The third kappa shape index (κ3) is 6.21. The van der Waals surface area contributed by atoms with Gasteiger partial charge in [0.1, 0.15) is 6.61 Å². The normalized spacial score (nSPS) is 10.5. The number of aromatic nitrogens is 1. The quantitative estimate of drug-likeness (QED) is 0.651. The fraction of sp³-hybridized carbons (Fsp3) is 0.583. The molecule has 0 spiro atoms. The van der Waals surface area contributed by atoms with E-state index in [0.717, 1.165) is 18.7 Å². The number of nitrogens with two attached hydrogens (primary N) is 1. The number of pyridine rings is 1. The summed E-state index contributed by atoms with van der Waals surface area (Å²) in [5, 5.41) is 0. The lowest BCUT2D eigenvalue weighted by Gasteiger charge is -2.07. The molecule has 0 saturated carbocycles. The van der Waals surface area contributed by atoms with Crippen molar-refractivity contribution in [3.8, 4) is 5.88 Å². The maximum absolute atomic E-state index is 5.49. The lowest BCUT2D eigenvalue weighted by atomic mass is 10.3. The monoisotopic (exact) mass is 240 g/mol. The van der Waals surface area contributed by atoms with E-state index in [9.17, 15) is 0 Å². The van der Waals surface area contributed by atoms with E-state index in [1.54, 1.807) is 7.11 Å². The van der Waals surface area contributed by atoms with E-state index >= 15 is 0 Å². The SMILES string of the molecule is COCCCOCCOc1cccc(CN)n1. The van der Waals surface area contributed by atoms with Gasteiger partial charge in [-0.25, -0.2) is 4.98 Å². The van der Waals surface area contributed by atoms with Gasteiger partial charge in [-0.2, -0.15) is 0 Å². The van der Waals surface area contributed by atoms with Crippen LogP contribution in [0.4, 0.5) is 0 Å². The van der Waals surface area contributed by atoms with Crippen LogP contribution < -0.4 is 10.5 Å². The molecule has 5 nitrogen and oxygen atoms in total. The van der Waals surface area contributed by atoms with Gasteiger partial charge >= 0.3 is 0 Å². The zero-order valence-electron chi connectivity index (χ0n) is 10.2. The van der Waals surface area contributed by atoms with Crippen LogP contribution in [0, 0.1) is 0 Å². The summed E-state index contributed by atoms with van der Waals surface area (Å²) in [6.07, 6.45) is 0.900. The van der Waals surface area contributed by atoms with Crippen LogP contribution in [-0.4, -0.2) is 38.5 Å². The minimum atomic E-state index is 0.421. The van der Waals surface area contributed by atoms with Crippen molar-refractivity contribution in [3.05, 3.63) is 23.9 Å². The average Bonchev–Trinajstić information content (AvgIpc) is 2.38.